The summed E-state index contributed by atoms with van der Waals surface area (Å²) in [5.74, 6) is 2.06. The minimum Gasteiger partial charge on any atom is -0.493 e. The summed E-state index contributed by atoms with van der Waals surface area (Å²) in [5.41, 5.74) is 1.26. The van der Waals surface area contributed by atoms with Crippen LogP contribution in [0.5, 0.6) is 11.5 Å². The lowest BCUT2D eigenvalue weighted by atomic mass is 10.2. The topological polar surface area (TPSA) is 51.1 Å². The summed E-state index contributed by atoms with van der Waals surface area (Å²) in [7, 11) is 3.17. The quantitative estimate of drug-likeness (QED) is 0.764. The number of thioether (sulfide) groups is 1. The van der Waals surface area contributed by atoms with Gasteiger partial charge in [-0.1, -0.05) is 29.4 Å². The van der Waals surface area contributed by atoms with Crippen molar-refractivity contribution in [1.29, 1.82) is 0 Å². The van der Waals surface area contributed by atoms with Crippen LogP contribution in [-0.2, 0) is 0 Å². The highest BCUT2D eigenvalue weighted by Crippen LogP contribution is 2.32. The third kappa shape index (κ3) is 4.14. The first kappa shape index (κ1) is 18.6. The minimum atomic E-state index is -0.0982. The van der Waals surface area contributed by atoms with Crippen molar-refractivity contribution in [3.8, 4) is 11.5 Å². The maximum absolute atomic E-state index is 12.9. The first-order chi connectivity index (χ1) is 12.6. The monoisotopic (exact) mass is 390 g/mol. The van der Waals surface area contributed by atoms with Crippen LogP contribution in [0.1, 0.15) is 16.8 Å². The molecule has 0 aliphatic carbocycles. The van der Waals surface area contributed by atoms with Crippen LogP contribution in [0.4, 0.5) is 5.69 Å². The van der Waals surface area contributed by atoms with Gasteiger partial charge in [0.2, 0.25) is 0 Å². The Kier molecular flexibility index (Phi) is 6.06. The van der Waals surface area contributed by atoms with Crippen molar-refractivity contribution in [2.75, 3.05) is 26.5 Å². The summed E-state index contributed by atoms with van der Waals surface area (Å²) >= 11 is 7.59. The lowest BCUT2D eigenvalue weighted by Gasteiger charge is -2.28. The zero-order valence-corrected chi connectivity index (χ0v) is 16.1. The fourth-order valence-electron chi connectivity index (χ4n) is 2.62. The minimum absolute atomic E-state index is 0.0982. The van der Waals surface area contributed by atoms with E-state index in [1.54, 1.807) is 67.3 Å². The van der Waals surface area contributed by atoms with Crippen molar-refractivity contribution >= 4 is 40.1 Å². The predicted octanol–water partition coefficient (Wildman–Crippen LogP) is 4.62. The maximum atomic E-state index is 12.9. The van der Waals surface area contributed by atoms with E-state index >= 15 is 0 Å². The zero-order valence-electron chi connectivity index (χ0n) is 14.6. The van der Waals surface area contributed by atoms with Gasteiger partial charge in [0.05, 0.1) is 19.9 Å². The third-order valence-corrected chi connectivity index (χ3v) is 5.19. The second-order valence-corrected chi connectivity index (χ2v) is 7.10. The first-order valence-corrected chi connectivity index (χ1v) is 9.49. The van der Waals surface area contributed by atoms with Gasteiger partial charge in [0.25, 0.3) is 5.91 Å². The number of halogens is 1. The number of hydrogen-bond acceptors (Lipinski definition) is 5. The van der Waals surface area contributed by atoms with Crippen molar-refractivity contribution < 1.29 is 14.3 Å². The maximum Gasteiger partial charge on any atom is 0.259 e. The van der Waals surface area contributed by atoms with Crippen LogP contribution in [0.3, 0.4) is 0 Å². The molecule has 5 nitrogen and oxygen atoms in total. The van der Waals surface area contributed by atoms with Gasteiger partial charge in [-0.05, 0) is 36.8 Å². The van der Waals surface area contributed by atoms with Gasteiger partial charge in [-0.25, -0.2) is 4.99 Å². The van der Waals surface area contributed by atoms with Gasteiger partial charge in [-0.2, -0.15) is 0 Å². The molecule has 0 spiro atoms. The molecule has 2 aromatic carbocycles. The molecule has 1 heterocycles. The van der Waals surface area contributed by atoms with E-state index in [4.69, 9.17) is 21.1 Å². The van der Waals surface area contributed by atoms with E-state index in [2.05, 4.69) is 4.99 Å². The second kappa shape index (κ2) is 8.47. The second-order valence-electron chi connectivity index (χ2n) is 5.60. The van der Waals surface area contributed by atoms with E-state index in [0.29, 0.717) is 39.5 Å². The van der Waals surface area contributed by atoms with Crippen molar-refractivity contribution in [2.24, 2.45) is 4.99 Å². The lowest BCUT2D eigenvalue weighted by Crippen LogP contribution is -2.39. The highest BCUT2D eigenvalue weighted by Gasteiger charge is 2.25. The molecule has 0 radical (unpaired) electrons. The molecule has 0 saturated carbocycles. The van der Waals surface area contributed by atoms with Crippen LogP contribution in [0.2, 0.25) is 5.02 Å². The molecule has 1 amide bonds. The summed E-state index contributed by atoms with van der Waals surface area (Å²) < 4.78 is 10.6. The molecule has 1 aliphatic heterocycles. The van der Waals surface area contributed by atoms with Gasteiger partial charge < -0.3 is 9.47 Å². The normalized spacial score (nSPS) is 15.8. The Balaban J connectivity index is 1.91. The van der Waals surface area contributed by atoms with Gasteiger partial charge in [0, 0.05) is 29.0 Å². The molecule has 7 heteroatoms. The van der Waals surface area contributed by atoms with E-state index in [1.807, 2.05) is 6.07 Å². The van der Waals surface area contributed by atoms with Crippen LogP contribution in [0, 0.1) is 0 Å². The number of hydrogen-bond donors (Lipinski definition) is 0. The van der Waals surface area contributed by atoms with Crippen LogP contribution in [0.25, 0.3) is 0 Å². The van der Waals surface area contributed by atoms with Crippen molar-refractivity contribution in [1.82, 2.24) is 4.90 Å². The third-order valence-electron chi connectivity index (χ3n) is 3.90. The predicted molar refractivity (Wildman–Crippen MR) is 106 cm³/mol. The Labute approximate surface area is 162 Å². The highest BCUT2D eigenvalue weighted by molar-refractivity contribution is 8.13. The van der Waals surface area contributed by atoms with Gasteiger partial charge in [0.1, 0.15) is 0 Å². The lowest BCUT2D eigenvalue weighted by molar-refractivity contribution is 0.0849. The number of carbonyl (C=O) groups excluding carboxylic acids is 1. The van der Waals surface area contributed by atoms with E-state index < -0.39 is 0 Å². The Morgan fingerprint density at radius 2 is 1.96 bits per heavy atom. The zero-order chi connectivity index (χ0) is 18.5. The average molecular weight is 391 g/mol. The first-order valence-electron chi connectivity index (χ1n) is 8.13. The number of amides is 1. The fourth-order valence-corrected chi connectivity index (χ4v) is 3.77. The molecule has 2 aromatic rings. The number of amidine groups is 1. The van der Waals surface area contributed by atoms with Gasteiger partial charge >= 0.3 is 0 Å². The van der Waals surface area contributed by atoms with Crippen LogP contribution >= 0.6 is 23.4 Å². The van der Waals surface area contributed by atoms with Crippen LogP contribution in [0.15, 0.2) is 47.5 Å². The molecule has 0 bridgehead atoms. The SMILES string of the molecule is COc1ccc(N=C2SCCCN2C(=O)c2cccc(Cl)c2)cc1OC. The number of benzene rings is 2. The Morgan fingerprint density at radius 3 is 2.69 bits per heavy atom. The number of carbonyl (C=O) groups is 1. The van der Waals surface area contributed by atoms with Gasteiger partial charge in [-0.15, -0.1) is 0 Å². The Bertz CT molecular complexity index is 841. The Morgan fingerprint density at radius 1 is 1.15 bits per heavy atom. The summed E-state index contributed by atoms with van der Waals surface area (Å²) in [6, 6.07) is 12.4. The fraction of sp³-hybridized carbons (Fsp3) is 0.263. The largest absolute Gasteiger partial charge is 0.493 e. The summed E-state index contributed by atoms with van der Waals surface area (Å²) in [5, 5.41) is 1.22. The van der Waals surface area contributed by atoms with Gasteiger partial charge in [0.15, 0.2) is 16.7 Å². The molecule has 0 unspecified atom stereocenters. The van der Waals surface area contributed by atoms with E-state index in [-0.39, 0.29) is 5.91 Å². The molecule has 1 saturated heterocycles. The molecule has 0 aromatic heterocycles. The molecule has 3 rings (SSSR count). The van der Waals surface area contributed by atoms with E-state index in [1.165, 1.54) is 0 Å². The summed E-state index contributed by atoms with van der Waals surface area (Å²) in [6.07, 6.45) is 0.919. The molecular formula is C19H19ClN2O3S. The smallest absolute Gasteiger partial charge is 0.259 e. The molecule has 136 valence electrons. The molecule has 0 N–H and O–H groups in total. The van der Waals surface area contributed by atoms with Crippen LogP contribution < -0.4 is 9.47 Å². The van der Waals surface area contributed by atoms with E-state index in [0.717, 1.165) is 12.2 Å². The van der Waals surface area contributed by atoms with Crippen molar-refractivity contribution in [3.05, 3.63) is 53.1 Å². The van der Waals surface area contributed by atoms with E-state index in [9.17, 15) is 4.79 Å². The summed E-state index contributed by atoms with van der Waals surface area (Å²) in [6.45, 7) is 0.629. The molecule has 1 aliphatic rings. The number of methoxy groups -OCH3 is 2. The van der Waals surface area contributed by atoms with Gasteiger partial charge in [-0.3, -0.25) is 9.69 Å². The average Bonchev–Trinajstić information content (AvgIpc) is 2.67. The van der Waals surface area contributed by atoms with Crippen LogP contribution in [-0.4, -0.2) is 42.5 Å². The molecule has 0 atom stereocenters. The molecule has 26 heavy (non-hydrogen) atoms. The van der Waals surface area contributed by atoms with Crippen molar-refractivity contribution in [3.63, 3.8) is 0 Å². The van der Waals surface area contributed by atoms with Crippen molar-refractivity contribution in [2.45, 2.75) is 6.42 Å². The molecule has 1 fully saturated rings. The Hall–Kier alpha value is -2.18. The summed E-state index contributed by atoms with van der Waals surface area (Å²) in [4.78, 5) is 19.3. The number of ether oxygens (including phenoxy) is 2. The number of rotatable bonds is 4. The molecular weight excluding hydrogens is 372 g/mol. The standard InChI is InChI=1S/C19H19ClN2O3S/c1-24-16-8-7-15(12-17(16)25-2)21-19-22(9-4-10-26-19)18(23)13-5-3-6-14(20)11-13/h3,5-8,11-12H,4,9-10H2,1-2H3. The number of aliphatic imine (C=N–C) groups is 1. The highest BCUT2D eigenvalue weighted by atomic mass is 35.5. The number of nitrogens with zero attached hydrogens (tertiary/aromatic N) is 2.